The molecule has 2 saturated heterocycles. The molecular weight excluding hydrogens is 1220 g/mol. The number of ether oxygens (including phenoxy) is 4. The van der Waals surface area contributed by atoms with Crippen LogP contribution in [0.15, 0.2) is 24.3 Å². The highest BCUT2D eigenvalue weighted by molar-refractivity contribution is 5.76. The zero-order valence-electron chi connectivity index (χ0n) is 63.1. The topological polar surface area (TPSA) is 228 Å². The summed E-state index contributed by atoms with van der Waals surface area (Å²) in [6.45, 7) is 2.88. The van der Waals surface area contributed by atoms with E-state index in [1.54, 1.807) is 6.08 Å². The summed E-state index contributed by atoms with van der Waals surface area (Å²) in [6.07, 6.45) is 71.3. The summed E-state index contributed by atoms with van der Waals surface area (Å²) in [5.41, 5.74) is 0. The maximum absolute atomic E-state index is 13.4. The second-order valence-corrected chi connectivity index (χ2v) is 30.0. The Hall–Kier alpha value is -1.53. The first-order valence-corrected chi connectivity index (χ1v) is 42.1. The molecule has 2 rings (SSSR count). The fourth-order valence-electron chi connectivity index (χ4n) is 14.2. The van der Waals surface area contributed by atoms with Crippen LogP contribution in [0.25, 0.3) is 0 Å². The van der Waals surface area contributed by atoms with Crippen LogP contribution >= 0.6 is 0 Å². The molecule has 2 aliphatic heterocycles. The quantitative estimate of drug-likeness (QED) is 0.0204. The van der Waals surface area contributed by atoms with Gasteiger partial charge in [0.15, 0.2) is 12.6 Å². The van der Waals surface area contributed by atoms with Crippen molar-refractivity contribution in [2.45, 2.75) is 479 Å². The molecule has 574 valence electrons. The molecule has 2 aliphatic rings. The highest BCUT2D eigenvalue weighted by atomic mass is 16.7. The van der Waals surface area contributed by atoms with Gasteiger partial charge in [-0.05, 0) is 44.9 Å². The van der Waals surface area contributed by atoms with E-state index in [0.717, 1.165) is 38.5 Å². The average Bonchev–Trinajstić information content (AvgIpc) is 0.794. The summed E-state index contributed by atoms with van der Waals surface area (Å²) in [4.78, 5) is 13.4. The Kier molecular flexibility index (Phi) is 63.8. The van der Waals surface area contributed by atoms with E-state index in [4.69, 9.17) is 18.9 Å². The first kappa shape index (κ1) is 91.6. The molecule has 0 bridgehead atoms. The van der Waals surface area contributed by atoms with Gasteiger partial charge in [-0.2, -0.15) is 0 Å². The van der Waals surface area contributed by atoms with Crippen LogP contribution in [0.4, 0.5) is 0 Å². The monoisotopic (exact) mass is 1380 g/mol. The Labute approximate surface area is 596 Å². The Morgan fingerprint density at radius 2 is 0.649 bits per heavy atom. The van der Waals surface area contributed by atoms with Gasteiger partial charge in [-0.15, -0.1) is 0 Å². The number of carbonyl (C=O) groups excluding carboxylic acids is 1. The third-order valence-electron chi connectivity index (χ3n) is 20.9. The number of hydrogen-bond donors (Lipinski definition) is 9. The molecule has 0 radical (unpaired) electrons. The Bertz CT molecular complexity index is 1720. The number of aliphatic hydroxyl groups excluding tert-OH is 8. The Balaban J connectivity index is 1.59. The summed E-state index contributed by atoms with van der Waals surface area (Å²) in [6, 6.07) is -0.914. The van der Waals surface area contributed by atoms with Crippen molar-refractivity contribution >= 4 is 5.91 Å². The summed E-state index contributed by atoms with van der Waals surface area (Å²) in [5.74, 6) is -0.229. The van der Waals surface area contributed by atoms with E-state index in [1.165, 1.54) is 340 Å². The molecule has 0 spiro atoms. The van der Waals surface area contributed by atoms with Gasteiger partial charge < -0.3 is 65.1 Å². The smallest absolute Gasteiger partial charge is 0.220 e. The van der Waals surface area contributed by atoms with E-state index in [0.29, 0.717) is 6.42 Å². The van der Waals surface area contributed by atoms with E-state index in [-0.39, 0.29) is 18.9 Å². The third-order valence-corrected chi connectivity index (χ3v) is 20.9. The van der Waals surface area contributed by atoms with E-state index in [2.05, 4.69) is 31.3 Å². The lowest BCUT2D eigenvalue weighted by Crippen LogP contribution is -2.65. The summed E-state index contributed by atoms with van der Waals surface area (Å²) < 4.78 is 22.9. The minimum atomic E-state index is -1.79. The maximum Gasteiger partial charge on any atom is 0.220 e. The van der Waals surface area contributed by atoms with Crippen LogP contribution in [0.1, 0.15) is 406 Å². The number of nitrogens with one attached hydrogen (secondary N) is 1. The van der Waals surface area contributed by atoms with E-state index in [1.807, 2.05) is 6.08 Å². The lowest BCUT2D eigenvalue weighted by Gasteiger charge is -2.46. The fourth-order valence-corrected chi connectivity index (χ4v) is 14.2. The number of hydrogen-bond acceptors (Lipinski definition) is 13. The Morgan fingerprint density at radius 1 is 0.361 bits per heavy atom. The first-order valence-electron chi connectivity index (χ1n) is 42.1. The van der Waals surface area contributed by atoms with Crippen molar-refractivity contribution in [2.24, 2.45) is 0 Å². The highest BCUT2D eigenvalue weighted by Crippen LogP contribution is 2.30. The SMILES string of the molecule is CCCCCCCCCC/C=C\CCCCCCCCCCCCCCCCCCCCCCCC(=O)NC(COC1OC(CO)C(OC2OC(CO)C(O)C(O)C2O)C(O)C1O)C(O)/C=C/CCCCCCCCCCCCCCCCCCCCCCCCCCCCCC. The van der Waals surface area contributed by atoms with Crippen molar-refractivity contribution in [1.29, 1.82) is 0 Å². The molecule has 2 heterocycles. The van der Waals surface area contributed by atoms with Crippen molar-refractivity contribution in [1.82, 2.24) is 5.32 Å². The zero-order chi connectivity index (χ0) is 70.1. The van der Waals surface area contributed by atoms with Gasteiger partial charge in [-0.25, -0.2) is 0 Å². The lowest BCUT2D eigenvalue weighted by atomic mass is 9.97. The van der Waals surface area contributed by atoms with Crippen molar-refractivity contribution in [2.75, 3.05) is 19.8 Å². The molecule has 0 aromatic rings. The molecule has 12 unspecified atom stereocenters. The van der Waals surface area contributed by atoms with Crippen LogP contribution in [0, 0.1) is 0 Å². The molecule has 12 atom stereocenters. The van der Waals surface area contributed by atoms with E-state index < -0.39 is 86.8 Å². The van der Waals surface area contributed by atoms with Crippen molar-refractivity contribution < 1.29 is 64.6 Å². The molecule has 0 aromatic heterocycles. The van der Waals surface area contributed by atoms with Gasteiger partial charge >= 0.3 is 0 Å². The summed E-state index contributed by atoms with van der Waals surface area (Å²) in [5, 5.41) is 87.8. The lowest BCUT2D eigenvalue weighted by molar-refractivity contribution is -0.359. The average molecular weight is 1380 g/mol. The van der Waals surface area contributed by atoms with Gasteiger partial charge in [-0.3, -0.25) is 4.79 Å². The van der Waals surface area contributed by atoms with Gasteiger partial charge in [0.25, 0.3) is 0 Å². The van der Waals surface area contributed by atoms with Gasteiger partial charge in [-0.1, -0.05) is 378 Å². The van der Waals surface area contributed by atoms with Gasteiger partial charge in [0.1, 0.15) is 48.8 Å². The number of unbranched alkanes of at least 4 members (excludes halogenated alkanes) is 57. The fraction of sp³-hybridized carbons (Fsp3) is 0.940. The molecule has 0 saturated carbocycles. The normalized spacial score (nSPS) is 22.2. The van der Waals surface area contributed by atoms with Crippen molar-refractivity contribution in [3.05, 3.63) is 24.3 Å². The van der Waals surface area contributed by atoms with E-state index in [9.17, 15) is 45.6 Å². The standard InChI is InChI=1S/C83H159NO13/c1-3-5-7-9-11-13-15-17-19-21-23-25-27-29-31-33-35-36-37-39-41-43-45-47-49-51-53-55-57-59-61-63-65-67-75(88)84-71(70-94-82-80(93)78(91)81(74(69-86)96-82)97-83-79(92)77(90)76(89)73(68-85)95-83)72(87)66-64-62-60-58-56-54-52-50-48-46-44-42-40-38-34-32-30-28-26-24-22-20-18-16-14-12-10-8-6-4-2/h21,23,64,66,71-74,76-83,85-87,89-93H,3-20,22,24-63,65,67-70H2,1-2H3,(H,84,88)/b23-21-,66-64+. The Morgan fingerprint density at radius 3 is 0.979 bits per heavy atom. The molecule has 97 heavy (non-hydrogen) atoms. The number of allylic oxidation sites excluding steroid dienone is 3. The van der Waals surface area contributed by atoms with Crippen LogP contribution < -0.4 is 5.32 Å². The third kappa shape index (κ3) is 50.5. The van der Waals surface area contributed by atoms with Crippen LogP contribution in [0.5, 0.6) is 0 Å². The van der Waals surface area contributed by atoms with Crippen molar-refractivity contribution in [3.8, 4) is 0 Å². The molecule has 1 amide bonds. The number of carbonyl (C=O) groups is 1. The first-order chi connectivity index (χ1) is 47.6. The van der Waals surface area contributed by atoms with Crippen LogP contribution in [-0.4, -0.2) is 140 Å². The predicted octanol–water partition coefficient (Wildman–Crippen LogP) is 19.4. The minimum Gasteiger partial charge on any atom is -0.394 e. The number of amides is 1. The molecule has 9 N–H and O–H groups in total. The predicted molar refractivity (Wildman–Crippen MR) is 402 cm³/mol. The zero-order valence-corrected chi connectivity index (χ0v) is 63.1. The van der Waals surface area contributed by atoms with Crippen LogP contribution in [0.2, 0.25) is 0 Å². The molecule has 2 fully saturated rings. The minimum absolute atomic E-state index is 0.229. The number of aliphatic hydroxyl groups is 8. The van der Waals surface area contributed by atoms with Gasteiger partial charge in [0, 0.05) is 6.42 Å². The molecule has 14 heteroatoms. The second-order valence-electron chi connectivity index (χ2n) is 30.0. The van der Waals surface area contributed by atoms with Crippen LogP contribution in [-0.2, 0) is 23.7 Å². The highest BCUT2D eigenvalue weighted by Gasteiger charge is 2.51. The largest absolute Gasteiger partial charge is 0.394 e. The van der Waals surface area contributed by atoms with Crippen LogP contribution in [0.3, 0.4) is 0 Å². The van der Waals surface area contributed by atoms with Gasteiger partial charge in [0.2, 0.25) is 5.91 Å². The molecule has 14 nitrogen and oxygen atoms in total. The summed E-state index contributed by atoms with van der Waals surface area (Å²) in [7, 11) is 0. The van der Waals surface area contributed by atoms with Gasteiger partial charge in [0.05, 0.1) is 32.0 Å². The number of rotatable bonds is 72. The van der Waals surface area contributed by atoms with Crippen molar-refractivity contribution in [3.63, 3.8) is 0 Å². The molecule has 0 aromatic carbocycles. The molecular formula is C83H159NO13. The molecule has 0 aliphatic carbocycles. The summed E-state index contributed by atoms with van der Waals surface area (Å²) >= 11 is 0. The maximum atomic E-state index is 13.4. The second kappa shape index (κ2) is 67.6. The van der Waals surface area contributed by atoms with E-state index >= 15 is 0 Å².